The molecular weight excluding hydrogens is 238 g/mol. The van der Waals surface area contributed by atoms with E-state index in [0.717, 1.165) is 14.4 Å². The molecule has 0 spiro atoms. The largest absolute Gasteiger partial charge is 0.323 e. The average molecular weight is 246 g/mol. The molecule has 0 fully saturated rings. The molecule has 2 rings (SSSR count). The second kappa shape index (κ2) is 2.83. The van der Waals surface area contributed by atoms with E-state index in [1.54, 1.807) is 11.3 Å². The average Bonchev–Trinajstić information content (AvgIpc) is 2.42. The van der Waals surface area contributed by atoms with Gasteiger partial charge in [0.05, 0.1) is 0 Å². The van der Waals surface area contributed by atoms with Gasteiger partial charge in [0.15, 0.2) is 4.96 Å². The Bertz CT molecular complexity index is 372. The fourth-order valence-electron chi connectivity index (χ4n) is 0.995. The van der Waals surface area contributed by atoms with Gasteiger partial charge in [-0.3, -0.25) is 4.40 Å². The van der Waals surface area contributed by atoms with Crippen molar-refractivity contribution in [2.45, 2.75) is 13.0 Å². The summed E-state index contributed by atoms with van der Waals surface area (Å²) < 4.78 is 2.85. The van der Waals surface area contributed by atoms with Crippen LogP contribution in [0.5, 0.6) is 0 Å². The highest BCUT2D eigenvalue weighted by Gasteiger charge is 2.07. The van der Waals surface area contributed by atoms with Crippen molar-refractivity contribution in [2.24, 2.45) is 5.73 Å². The minimum absolute atomic E-state index is 0.0930. The molecule has 2 N–H and O–H groups in total. The lowest BCUT2D eigenvalue weighted by Crippen LogP contribution is -2.01. The molecule has 64 valence electrons. The van der Waals surface area contributed by atoms with E-state index < -0.39 is 0 Å². The summed E-state index contributed by atoms with van der Waals surface area (Å²) in [6, 6.07) is 0.0930. The second-order valence-electron chi connectivity index (χ2n) is 2.68. The third kappa shape index (κ3) is 1.28. The molecule has 0 aliphatic carbocycles. The zero-order valence-electron chi connectivity index (χ0n) is 6.49. The number of halogens is 1. The van der Waals surface area contributed by atoms with Crippen molar-refractivity contribution < 1.29 is 0 Å². The molecule has 12 heavy (non-hydrogen) atoms. The van der Waals surface area contributed by atoms with Crippen LogP contribution in [-0.2, 0) is 0 Å². The van der Waals surface area contributed by atoms with Gasteiger partial charge in [0, 0.05) is 23.3 Å². The van der Waals surface area contributed by atoms with Gasteiger partial charge in [-0.1, -0.05) is 11.3 Å². The number of imidazole rings is 1. The van der Waals surface area contributed by atoms with E-state index >= 15 is 0 Å². The lowest BCUT2D eigenvalue weighted by Gasteiger charge is -1.96. The third-order valence-electron chi connectivity index (χ3n) is 1.59. The summed E-state index contributed by atoms with van der Waals surface area (Å²) >= 11 is 4.93. The zero-order chi connectivity index (χ0) is 8.72. The maximum absolute atomic E-state index is 5.73. The summed E-state index contributed by atoms with van der Waals surface area (Å²) in [4.78, 5) is 6.40. The molecule has 1 atom stereocenters. The Morgan fingerprint density at radius 3 is 3.00 bits per heavy atom. The molecule has 0 saturated carbocycles. The van der Waals surface area contributed by atoms with E-state index in [1.807, 2.05) is 23.7 Å². The van der Waals surface area contributed by atoms with Gasteiger partial charge in [0.25, 0.3) is 0 Å². The highest BCUT2D eigenvalue weighted by molar-refractivity contribution is 9.10. The second-order valence-corrected chi connectivity index (χ2v) is 4.53. The Kier molecular flexibility index (Phi) is 1.94. The molecule has 0 aliphatic heterocycles. The highest BCUT2D eigenvalue weighted by Crippen LogP contribution is 2.23. The third-order valence-corrected chi connectivity index (χ3v) is 3.17. The van der Waals surface area contributed by atoms with Gasteiger partial charge < -0.3 is 5.73 Å². The summed E-state index contributed by atoms with van der Waals surface area (Å²) in [5.74, 6) is 0. The Hall–Kier alpha value is -0.390. The maximum Gasteiger partial charge on any atom is 0.195 e. The monoisotopic (exact) mass is 245 g/mol. The lowest BCUT2D eigenvalue weighted by atomic mass is 10.3. The Labute approximate surface area is 82.3 Å². The number of thiazole rings is 1. The predicted octanol–water partition coefficient (Wildman–Crippen LogP) is 2.18. The molecule has 0 amide bonds. The van der Waals surface area contributed by atoms with Crippen LogP contribution in [0.3, 0.4) is 0 Å². The number of aromatic nitrogens is 2. The van der Waals surface area contributed by atoms with Crippen LogP contribution < -0.4 is 5.73 Å². The molecular formula is C7H8BrN3S. The molecule has 0 aromatic carbocycles. The Morgan fingerprint density at radius 1 is 1.67 bits per heavy atom. The number of rotatable bonds is 1. The van der Waals surface area contributed by atoms with Gasteiger partial charge in [-0.2, -0.15) is 0 Å². The van der Waals surface area contributed by atoms with Crippen LogP contribution in [0.25, 0.3) is 4.96 Å². The van der Waals surface area contributed by atoms with Gasteiger partial charge in [-0.25, -0.2) is 4.98 Å². The summed E-state index contributed by atoms with van der Waals surface area (Å²) in [5, 5.41) is 0. The van der Waals surface area contributed by atoms with E-state index in [1.165, 1.54) is 0 Å². The summed E-state index contributed by atoms with van der Waals surface area (Å²) in [6.07, 6.45) is 3.94. The maximum atomic E-state index is 5.73. The minimum Gasteiger partial charge on any atom is -0.323 e. The Balaban J connectivity index is 2.57. The SMILES string of the molecule is CC(N)c1cn2cc(Br)nc2s1. The number of hydrogen-bond acceptors (Lipinski definition) is 3. The lowest BCUT2D eigenvalue weighted by molar-refractivity contribution is 0.832. The molecule has 2 heterocycles. The smallest absolute Gasteiger partial charge is 0.195 e. The van der Waals surface area contributed by atoms with Crippen LogP contribution in [0.4, 0.5) is 0 Å². The summed E-state index contributed by atoms with van der Waals surface area (Å²) in [7, 11) is 0. The zero-order valence-corrected chi connectivity index (χ0v) is 8.89. The number of fused-ring (bicyclic) bond motifs is 1. The molecule has 0 aliphatic rings. The van der Waals surface area contributed by atoms with Crippen molar-refractivity contribution in [1.29, 1.82) is 0 Å². The first kappa shape index (κ1) is 8.22. The van der Waals surface area contributed by atoms with Crippen molar-refractivity contribution >= 4 is 32.2 Å². The van der Waals surface area contributed by atoms with E-state index in [-0.39, 0.29) is 6.04 Å². The number of nitrogens with zero attached hydrogens (tertiary/aromatic N) is 2. The number of hydrogen-bond donors (Lipinski definition) is 1. The molecule has 5 heteroatoms. The standard InChI is InChI=1S/C7H8BrN3S/c1-4(9)5-2-11-3-6(8)10-7(11)12-5/h2-4H,9H2,1H3. The fourth-order valence-corrected chi connectivity index (χ4v) is 2.42. The normalized spacial score (nSPS) is 13.9. The Morgan fingerprint density at radius 2 is 2.42 bits per heavy atom. The summed E-state index contributed by atoms with van der Waals surface area (Å²) in [6.45, 7) is 1.97. The van der Waals surface area contributed by atoms with Crippen LogP contribution in [-0.4, -0.2) is 9.38 Å². The van der Waals surface area contributed by atoms with Crippen molar-refractivity contribution in [2.75, 3.05) is 0 Å². The molecule has 0 bridgehead atoms. The van der Waals surface area contributed by atoms with Gasteiger partial charge in [-0.15, -0.1) is 0 Å². The summed E-state index contributed by atoms with van der Waals surface area (Å²) in [5.41, 5.74) is 5.73. The fraction of sp³-hybridized carbons (Fsp3) is 0.286. The minimum atomic E-state index is 0.0930. The first-order chi connectivity index (χ1) is 5.66. The van der Waals surface area contributed by atoms with Gasteiger partial charge in [-0.05, 0) is 22.9 Å². The number of nitrogens with two attached hydrogens (primary N) is 1. The first-order valence-electron chi connectivity index (χ1n) is 3.56. The first-order valence-corrected chi connectivity index (χ1v) is 5.17. The van der Waals surface area contributed by atoms with Crippen molar-refractivity contribution in [1.82, 2.24) is 9.38 Å². The van der Waals surface area contributed by atoms with Gasteiger partial charge >= 0.3 is 0 Å². The van der Waals surface area contributed by atoms with Crippen LogP contribution in [0.15, 0.2) is 17.0 Å². The quantitative estimate of drug-likeness (QED) is 0.838. The molecule has 0 radical (unpaired) electrons. The van der Waals surface area contributed by atoms with E-state index in [0.29, 0.717) is 0 Å². The van der Waals surface area contributed by atoms with Crippen LogP contribution in [0.2, 0.25) is 0 Å². The van der Waals surface area contributed by atoms with E-state index in [2.05, 4.69) is 20.9 Å². The van der Waals surface area contributed by atoms with Crippen molar-refractivity contribution in [3.8, 4) is 0 Å². The topological polar surface area (TPSA) is 43.3 Å². The van der Waals surface area contributed by atoms with Crippen molar-refractivity contribution in [3.63, 3.8) is 0 Å². The van der Waals surface area contributed by atoms with E-state index in [4.69, 9.17) is 5.73 Å². The molecule has 2 aromatic heterocycles. The van der Waals surface area contributed by atoms with Crippen LogP contribution in [0, 0.1) is 0 Å². The molecule has 3 nitrogen and oxygen atoms in total. The highest BCUT2D eigenvalue weighted by atomic mass is 79.9. The molecule has 0 saturated heterocycles. The molecule has 2 aromatic rings. The van der Waals surface area contributed by atoms with Crippen LogP contribution >= 0.6 is 27.3 Å². The predicted molar refractivity (Wildman–Crippen MR) is 53.4 cm³/mol. The van der Waals surface area contributed by atoms with E-state index in [9.17, 15) is 0 Å². The van der Waals surface area contributed by atoms with Crippen LogP contribution in [0.1, 0.15) is 17.8 Å². The van der Waals surface area contributed by atoms with Gasteiger partial charge in [0.1, 0.15) is 4.60 Å². The van der Waals surface area contributed by atoms with Gasteiger partial charge in [0.2, 0.25) is 0 Å². The van der Waals surface area contributed by atoms with Crippen molar-refractivity contribution in [3.05, 3.63) is 21.9 Å². The molecule has 1 unspecified atom stereocenters.